The quantitative estimate of drug-likeness (QED) is 0.623. The van der Waals surface area contributed by atoms with E-state index in [0.717, 1.165) is 16.9 Å². The molecule has 2 aromatic carbocycles. The minimum atomic E-state index is -3.87. The van der Waals surface area contributed by atoms with Crippen LogP contribution in [0.25, 0.3) is 11.3 Å². The van der Waals surface area contributed by atoms with Crippen molar-refractivity contribution in [2.24, 2.45) is 0 Å². The smallest absolute Gasteiger partial charge is 0.264 e. The van der Waals surface area contributed by atoms with Crippen molar-refractivity contribution in [2.75, 3.05) is 28.6 Å². The third-order valence-corrected chi connectivity index (χ3v) is 7.30. The number of benzene rings is 2. The summed E-state index contributed by atoms with van der Waals surface area (Å²) in [5.41, 5.74) is 3.20. The number of aromatic nitrogens is 1. The molecule has 2 amide bonds. The van der Waals surface area contributed by atoms with Crippen LogP contribution in [0.4, 0.5) is 16.5 Å². The van der Waals surface area contributed by atoms with Gasteiger partial charge in [-0.15, -0.1) is 11.3 Å². The van der Waals surface area contributed by atoms with Crippen LogP contribution in [0.5, 0.6) is 5.75 Å². The van der Waals surface area contributed by atoms with E-state index in [1.54, 1.807) is 36.7 Å². The van der Waals surface area contributed by atoms with E-state index in [1.165, 1.54) is 17.0 Å². The minimum Gasteiger partial charge on any atom is -0.482 e. The zero-order valence-electron chi connectivity index (χ0n) is 16.2. The summed E-state index contributed by atoms with van der Waals surface area (Å²) in [5.74, 6) is 0.291. The standard InChI is InChI=1S/C20H16N4O5S2/c1-24-16-7-11(2-5-17(16)29-9-19(24)26)15-10-30-20(22-15)23-31(27,28)13-3-4-14-12(6-13)8-18(25)21-14/h2-7,10H,8-9H2,1H3,(H,21,25)(H,22,23). The lowest BCUT2D eigenvalue weighted by atomic mass is 10.1. The molecule has 3 aromatic rings. The Hall–Kier alpha value is -3.44. The number of ether oxygens (including phenoxy) is 1. The van der Waals surface area contributed by atoms with Crippen molar-refractivity contribution < 1.29 is 22.7 Å². The Kier molecular flexibility index (Phi) is 4.45. The minimum absolute atomic E-state index is 0.00160. The van der Waals surface area contributed by atoms with Gasteiger partial charge < -0.3 is 15.0 Å². The largest absolute Gasteiger partial charge is 0.482 e. The van der Waals surface area contributed by atoms with E-state index in [-0.39, 0.29) is 34.9 Å². The van der Waals surface area contributed by atoms with Gasteiger partial charge in [0.05, 0.1) is 22.7 Å². The molecule has 0 aliphatic carbocycles. The first-order valence-corrected chi connectivity index (χ1v) is 11.6. The van der Waals surface area contributed by atoms with Crippen molar-refractivity contribution in [3.63, 3.8) is 0 Å². The van der Waals surface area contributed by atoms with Crippen molar-refractivity contribution in [3.8, 4) is 17.0 Å². The number of amides is 2. The van der Waals surface area contributed by atoms with Gasteiger partial charge in [0.25, 0.3) is 15.9 Å². The van der Waals surface area contributed by atoms with Gasteiger partial charge >= 0.3 is 0 Å². The third-order valence-electron chi connectivity index (χ3n) is 5.08. The lowest BCUT2D eigenvalue weighted by molar-refractivity contribution is -0.121. The van der Waals surface area contributed by atoms with Gasteiger partial charge in [0.1, 0.15) is 5.75 Å². The Bertz CT molecular complexity index is 1350. The number of likely N-dealkylation sites (N-methyl/N-ethyl adjacent to an activating group) is 1. The second-order valence-electron chi connectivity index (χ2n) is 7.11. The first kappa shape index (κ1) is 19.5. The number of carbonyl (C=O) groups excluding carboxylic acids is 2. The third kappa shape index (κ3) is 3.51. The fraction of sp³-hybridized carbons (Fsp3) is 0.150. The molecular formula is C20H16N4O5S2. The van der Waals surface area contributed by atoms with E-state index in [0.29, 0.717) is 28.4 Å². The zero-order chi connectivity index (χ0) is 21.8. The van der Waals surface area contributed by atoms with Crippen molar-refractivity contribution in [2.45, 2.75) is 11.3 Å². The van der Waals surface area contributed by atoms with E-state index in [2.05, 4.69) is 15.0 Å². The molecule has 5 rings (SSSR count). The molecule has 0 fully saturated rings. The molecular weight excluding hydrogens is 440 g/mol. The second kappa shape index (κ2) is 7.06. The number of thiazole rings is 1. The first-order chi connectivity index (χ1) is 14.8. The number of sulfonamides is 1. The summed E-state index contributed by atoms with van der Waals surface area (Å²) in [5, 5.41) is 4.62. The Morgan fingerprint density at radius 2 is 2.03 bits per heavy atom. The van der Waals surface area contributed by atoms with E-state index < -0.39 is 10.0 Å². The van der Waals surface area contributed by atoms with Crippen molar-refractivity contribution in [1.82, 2.24) is 4.98 Å². The highest BCUT2D eigenvalue weighted by molar-refractivity contribution is 7.93. The number of carbonyl (C=O) groups is 2. The summed E-state index contributed by atoms with van der Waals surface area (Å²) in [6.07, 6.45) is 0.152. The van der Waals surface area contributed by atoms with Crippen molar-refractivity contribution in [1.29, 1.82) is 0 Å². The van der Waals surface area contributed by atoms with Gasteiger partial charge in [-0.25, -0.2) is 13.4 Å². The summed E-state index contributed by atoms with van der Waals surface area (Å²) in [7, 11) is -2.19. The van der Waals surface area contributed by atoms with Gasteiger partial charge in [-0.1, -0.05) is 0 Å². The van der Waals surface area contributed by atoms with Crippen LogP contribution in [0.3, 0.4) is 0 Å². The maximum Gasteiger partial charge on any atom is 0.264 e. The normalized spacial score (nSPS) is 15.2. The van der Waals surface area contributed by atoms with Crippen LogP contribution in [0.15, 0.2) is 46.7 Å². The Balaban J connectivity index is 1.40. The molecule has 2 aliphatic rings. The summed E-state index contributed by atoms with van der Waals surface area (Å²) in [6.45, 7) is -0.00160. The monoisotopic (exact) mass is 456 g/mol. The van der Waals surface area contributed by atoms with E-state index in [4.69, 9.17) is 4.74 Å². The van der Waals surface area contributed by atoms with Crippen LogP contribution < -0.4 is 19.7 Å². The van der Waals surface area contributed by atoms with Gasteiger partial charge in [-0.3, -0.25) is 14.3 Å². The number of nitrogens with zero attached hydrogens (tertiary/aromatic N) is 2. The van der Waals surface area contributed by atoms with E-state index in [9.17, 15) is 18.0 Å². The summed E-state index contributed by atoms with van der Waals surface area (Å²) >= 11 is 1.15. The summed E-state index contributed by atoms with van der Waals surface area (Å²) in [4.78, 5) is 29.3. The molecule has 0 saturated heterocycles. The molecule has 3 heterocycles. The van der Waals surface area contributed by atoms with Crippen LogP contribution in [-0.4, -0.2) is 38.9 Å². The van der Waals surface area contributed by atoms with Crippen LogP contribution in [0, 0.1) is 0 Å². The predicted molar refractivity (Wildman–Crippen MR) is 116 cm³/mol. The van der Waals surface area contributed by atoms with Gasteiger partial charge in [0.2, 0.25) is 5.91 Å². The number of hydrogen-bond donors (Lipinski definition) is 2. The number of rotatable bonds is 4. The molecule has 11 heteroatoms. The highest BCUT2D eigenvalue weighted by Gasteiger charge is 2.24. The van der Waals surface area contributed by atoms with E-state index in [1.807, 2.05) is 0 Å². The van der Waals surface area contributed by atoms with Gasteiger partial charge in [-0.2, -0.15) is 0 Å². The summed E-state index contributed by atoms with van der Waals surface area (Å²) in [6, 6.07) is 9.86. The Labute approximate surface area is 181 Å². The summed E-state index contributed by atoms with van der Waals surface area (Å²) < 4.78 is 33.5. The molecule has 31 heavy (non-hydrogen) atoms. The number of fused-ring (bicyclic) bond motifs is 2. The maximum absolute atomic E-state index is 12.8. The molecule has 0 bridgehead atoms. The van der Waals surface area contributed by atoms with Gasteiger partial charge in [0, 0.05) is 23.7 Å². The zero-order valence-corrected chi connectivity index (χ0v) is 17.8. The van der Waals surface area contributed by atoms with Crippen LogP contribution in [0.2, 0.25) is 0 Å². The molecule has 0 spiro atoms. The maximum atomic E-state index is 12.8. The SMILES string of the molecule is CN1C(=O)COc2ccc(-c3csc(NS(=O)(=O)c4ccc5c(c4)CC(=O)N5)n3)cc21. The molecule has 9 nitrogen and oxygen atoms in total. The molecule has 2 N–H and O–H groups in total. The number of anilines is 3. The van der Waals surface area contributed by atoms with Gasteiger partial charge in [0.15, 0.2) is 11.7 Å². The fourth-order valence-electron chi connectivity index (χ4n) is 3.43. The fourth-order valence-corrected chi connectivity index (χ4v) is 5.45. The predicted octanol–water partition coefficient (Wildman–Crippen LogP) is 2.46. The lowest BCUT2D eigenvalue weighted by Gasteiger charge is -2.26. The van der Waals surface area contributed by atoms with Crippen molar-refractivity contribution in [3.05, 3.63) is 47.3 Å². The van der Waals surface area contributed by atoms with Crippen LogP contribution >= 0.6 is 11.3 Å². The second-order valence-corrected chi connectivity index (χ2v) is 9.65. The van der Waals surface area contributed by atoms with Crippen LogP contribution in [0.1, 0.15) is 5.56 Å². The number of hydrogen-bond acceptors (Lipinski definition) is 7. The first-order valence-electron chi connectivity index (χ1n) is 9.25. The highest BCUT2D eigenvalue weighted by Crippen LogP contribution is 2.36. The highest BCUT2D eigenvalue weighted by atomic mass is 32.2. The Morgan fingerprint density at radius 1 is 1.19 bits per heavy atom. The van der Waals surface area contributed by atoms with E-state index >= 15 is 0 Å². The van der Waals surface area contributed by atoms with Crippen molar-refractivity contribution >= 4 is 49.7 Å². The average molecular weight is 457 g/mol. The van der Waals surface area contributed by atoms with Crippen LogP contribution in [-0.2, 0) is 26.0 Å². The molecule has 0 unspecified atom stereocenters. The molecule has 1 aromatic heterocycles. The molecule has 0 atom stereocenters. The molecule has 158 valence electrons. The number of nitrogens with one attached hydrogen (secondary N) is 2. The molecule has 0 radical (unpaired) electrons. The van der Waals surface area contributed by atoms with Gasteiger partial charge in [-0.05, 0) is 42.0 Å². The lowest BCUT2D eigenvalue weighted by Crippen LogP contribution is -2.35. The average Bonchev–Trinajstić information content (AvgIpc) is 3.35. The Morgan fingerprint density at radius 3 is 2.87 bits per heavy atom. The molecule has 0 saturated carbocycles. The topological polar surface area (TPSA) is 118 Å². The molecule has 2 aliphatic heterocycles.